The fraction of sp³-hybridized carbons (Fsp3) is 0.676. The molecule has 6 atom stereocenters. The number of esters is 1. The average molecular weight is 821 g/mol. The highest BCUT2D eigenvalue weighted by Gasteiger charge is 2.41. The number of morpholine rings is 1. The molecule has 0 bridgehead atoms. The Morgan fingerprint density at radius 2 is 1.80 bits per heavy atom. The van der Waals surface area contributed by atoms with Crippen molar-refractivity contribution < 1.29 is 51.7 Å². The third-order valence-corrected chi connectivity index (χ3v) is 12.6. The Labute approximate surface area is 323 Å². The molecule has 2 saturated heterocycles. The molecule has 54 heavy (non-hydrogen) atoms. The van der Waals surface area contributed by atoms with Gasteiger partial charge in [0.25, 0.3) is 5.91 Å². The molecule has 0 aromatic carbocycles. The number of hydrogen-bond acceptors (Lipinski definition) is 13. The maximum atomic E-state index is 14.1. The number of carboxylic acid groups (broad SMARTS) is 1. The van der Waals surface area contributed by atoms with Crippen LogP contribution in [-0.4, -0.2) is 124 Å². The van der Waals surface area contributed by atoms with E-state index >= 15 is 0 Å². The van der Waals surface area contributed by atoms with E-state index in [-0.39, 0.29) is 65.2 Å². The first-order chi connectivity index (χ1) is 25.3. The number of nitrogens with zero attached hydrogens (tertiary/aromatic N) is 4. The lowest BCUT2D eigenvalue weighted by atomic mass is 9.94. The van der Waals surface area contributed by atoms with Crippen LogP contribution in [0, 0.1) is 17.8 Å². The topological polar surface area (TPSA) is 180 Å². The zero-order valence-electron chi connectivity index (χ0n) is 30.9. The predicted octanol–water partition coefficient (Wildman–Crippen LogP) is 3.73. The Morgan fingerprint density at radius 1 is 1.09 bits per heavy atom. The number of aromatic nitrogens is 2. The van der Waals surface area contributed by atoms with Gasteiger partial charge in [-0.2, -0.15) is 24.9 Å². The van der Waals surface area contributed by atoms with Gasteiger partial charge < -0.3 is 30.1 Å². The molecule has 0 unspecified atom stereocenters. The monoisotopic (exact) mass is 820 g/mol. The SMILES string of the molecule is CC(=O)O[C@H](C[C@H](C(C)C)N(C)C(=O)[C@@H](NC(=O)[C@H]1COCCN1C)C1CSC1)c1nc(C(=O)N[C@@H](Cc2nc(C(F)(F)F)cs2)C[C@H](C)C(=O)O)cs1. The lowest BCUT2D eigenvalue weighted by Gasteiger charge is -2.40. The van der Waals surface area contributed by atoms with Gasteiger partial charge in [0.2, 0.25) is 11.8 Å². The third-order valence-electron chi connectivity index (χ3n) is 9.46. The molecule has 14 nitrogen and oxygen atoms in total. The fourth-order valence-corrected chi connectivity index (χ4v) is 8.80. The van der Waals surface area contributed by atoms with E-state index < -0.39 is 65.9 Å². The summed E-state index contributed by atoms with van der Waals surface area (Å²) in [6.45, 7) is 7.82. The van der Waals surface area contributed by atoms with Crippen molar-refractivity contribution in [2.24, 2.45) is 17.8 Å². The van der Waals surface area contributed by atoms with Crippen LogP contribution in [0.3, 0.4) is 0 Å². The predicted molar refractivity (Wildman–Crippen MR) is 196 cm³/mol. The first kappa shape index (κ1) is 43.4. The molecule has 2 aromatic rings. The van der Waals surface area contributed by atoms with E-state index in [0.29, 0.717) is 24.7 Å². The molecule has 2 aliphatic heterocycles. The van der Waals surface area contributed by atoms with Crippen molar-refractivity contribution in [3.05, 3.63) is 32.2 Å². The van der Waals surface area contributed by atoms with Crippen LogP contribution in [0.1, 0.15) is 72.8 Å². The summed E-state index contributed by atoms with van der Waals surface area (Å²) in [5, 5.41) is 17.8. The van der Waals surface area contributed by atoms with E-state index in [1.54, 1.807) is 23.7 Å². The number of nitrogens with one attached hydrogen (secondary N) is 2. The summed E-state index contributed by atoms with van der Waals surface area (Å²) in [5.41, 5.74) is -1.14. The number of halogens is 3. The summed E-state index contributed by atoms with van der Waals surface area (Å²) in [7, 11) is 3.49. The van der Waals surface area contributed by atoms with E-state index in [9.17, 15) is 42.3 Å². The number of thiazole rings is 2. The Kier molecular flexibility index (Phi) is 15.3. The van der Waals surface area contributed by atoms with Crippen molar-refractivity contribution in [2.45, 2.75) is 83.4 Å². The maximum Gasteiger partial charge on any atom is 0.434 e. The third kappa shape index (κ3) is 11.6. The van der Waals surface area contributed by atoms with E-state index in [2.05, 4.69) is 20.6 Å². The van der Waals surface area contributed by atoms with Crippen LogP contribution >= 0.6 is 34.4 Å². The number of carboxylic acids is 1. The van der Waals surface area contributed by atoms with Gasteiger partial charge in [0.15, 0.2) is 11.8 Å². The summed E-state index contributed by atoms with van der Waals surface area (Å²) in [4.78, 5) is 76.4. The Balaban J connectivity index is 1.51. The molecule has 4 rings (SSSR count). The van der Waals surface area contributed by atoms with Gasteiger partial charge in [-0.1, -0.05) is 20.8 Å². The summed E-state index contributed by atoms with van der Waals surface area (Å²) in [6.07, 6.45) is -5.71. The number of alkyl halides is 3. The zero-order valence-corrected chi connectivity index (χ0v) is 33.3. The number of hydrogen-bond donors (Lipinski definition) is 3. The molecule has 3 amide bonds. The molecule has 0 aliphatic carbocycles. The summed E-state index contributed by atoms with van der Waals surface area (Å²) < 4.78 is 50.7. The molecule has 300 valence electrons. The highest BCUT2D eigenvalue weighted by atomic mass is 32.2. The molecule has 2 fully saturated rings. The number of rotatable bonds is 17. The smallest absolute Gasteiger partial charge is 0.434 e. The van der Waals surface area contributed by atoms with Crippen LogP contribution < -0.4 is 10.6 Å². The molecule has 0 saturated carbocycles. The Bertz CT molecular complexity index is 1640. The number of likely N-dealkylation sites (N-methyl/N-ethyl adjacent to an activating group) is 2. The number of ether oxygens (including phenoxy) is 2. The van der Waals surface area contributed by atoms with Gasteiger partial charge >= 0.3 is 18.1 Å². The Hall–Kier alpha value is -3.33. The van der Waals surface area contributed by atoms with Crippen LogP contribution in [0.5, 0.6) is 0 Å². The molecule has 4 heterocycles. The van der Waals surface area contributed by atoms with Crippen molar-refractivity contribution in [3.63, 3.8) is 0 Å². The quantitative estimate of drug-likeness (QED) is 0.197. The molecule has 0 radical (unpaired) electrons. The summed E-state index contributed by atoms with van der Waals surface area (Å²) in [5.74, 6) is -2.73. The van der Waals surface area contributed by atoms with Gasteiger partial charge in [-0.3, -0.25) is 28.9 Å². The number of thioether (sulfide) groups is 1. The minimum Gasteiger partial charge on any atom is -0.481 e. The molecule has 20 heteroatoms. The van der Waals surface area contributed by atoms with Crippen molar-refractivity contribution in [1.82, 2.24) is 30.4 Å². The van der Waals surface area contributed by atoms with Gasteiger partial charge in [-0.25, -0.2) is 9.97 Å². The molecular formula is C34H47F3N6O8S3. The van der Waals surface area contributed by atoms with Crippen molar-refractivity contribution >= 4 is 64.1 Å². The molecular weight excluding hydrogens is 774 g/mol. The van der Waals surface area contributed by atoms with Gasteiger partial charge in [-0.05, 0) is 30.9 Å². The Morgan fingerprint density at radius 3 is 2.35 bits per heavy atom. The highest BCUT2D eigenvalue weighted by Crippen LogP contribution is 2.34. The molecule has 2 aromatic heterocycles. The number of amides is 3. The molecule has 0 spiro atoms. The number of carbonyl (C=O) groups excluding carboxylic acids is 4. The molecule has 3 N–H and O–H groups in total. The second-order valence-corrected chi connectivity index (χ2v) is 16.9. The average Bonchev–Trinajstić information content (AvgIpc) is 3.75. The van der Waals surface area contributed by atoms with E-state index in [4.69, 9.17) is 9.47 Å². The van der Waals surface area contributed by atoms with E-state index in [1.807, 2.05) is 25.8 Å². The van der Waals surface area contributed by atoms with Gasteiger partial charge in [-0.15, -0.1) is 22.7 Å². The van der Waals surface area contributed by atoms with Crippen LogP contribution in [0.15, 0.2) is 10.8 Å². The van der Waals surface area contributed by atoms with Gasteiger partial charge in [0, 0.05) is 62.1 Å². The fourth-order valence-electron chi connectivity index (χ4n) is 6.18. The van der Waals surface area contributed by atoms with Crippen molar-refractivity contribution in [2.75, 3.05) is 45.4 Å². The second-order valence-electron chi connectivity index (χ2n) is 14.0. The first-order valence-corrected chi connectivity index (χ1v) is 20.4. The minimum absolute atomic E-state index is 0.0644. The van der Waals surface area contributed by atoms with Crippen LogP contribution in [0.25, 0.3) is 0 Å². The van der Waals surface area contributed by atoms with Crippen LogP contribution in [0.4, 0.5) is 13.2 Å². The van der Waals surface area contributed by atoms with Gasteiger partial charge in [0.05, 0.1) is 24.1 Å². The zero-order chi connectivity index (χ0) is 39.9. The normalized spacial score (nSPS) is 19.6. The van der Waals surface area contributed by atoms with Crippen LogP contribution in [0.2, 0.25) is 0 Å². The van der Waals surface area contributed by atoms with Gasteiger partial charge in [0.1, 0.15) is 22.8 Å². The lowest BCUT2D eigenvalue weighted by molar-refractivity contribution is -0.149. The van der Waals surface area contributed by atoms with E-state index in [0.717, 1.165) is 28.1 Å². The van der Waals surface area contributed by atoms with Crippen molar-refractivity contribution in [1.29, 1.82) is 0 Å². The molecule has 2 aliphatic rings. The lowest BCUT2D eigenvalue weighted by Crippen LogP contribution is -2.61. The van der Waals surface area contributed by atoms with E-state index in [1.165, 1.54) is 19.2 Å². The highest BCUT2D eigenvalue weighted by molar-refractivity contribution is 8.00. The minimum atomic E-state index is -4.65. The standard InChI is InChI=1S/C34H47F3N6O8S3/c1-17(2)23(43(6)32(47)28(20-13-52-14-20)41-30(46)24-12-50-8-7-42(24)5)11-25(51-19(4)44)31-39-22(15-54-31)29(45)38-21(9-18(3)33(48)49)10-27-40-26(16-53-27)34(35,36)37/h15-18,20-21,23-25,28H,7-14H2,1-6H3,(H,38,45)(H,41,46)(H,48,49)/t18-,21+,23+,24+,25+,28-/m0/s1. The van der Waals surface area contributed by atoms with Crippen molar-refractivity contribution in [3.8, 4) is 0 Å². The summed E-state index contributed by atoms with van der Waals surface area (Å²) >= 11 is 3.49. The number of aliphatic carboxylic acids is 1. The first-order valence-electron chi connectivity index (χ1n) is 17.5. The largest absolute Gasteiger partial charge is 0.481 e. The summed E-state index contributed by atoms with van der Waals surface area (Å²) in [6, 6.07) is -2.67. The number of carbonyl (C=O) groups is 5. The maximum absolute atomic E-state index is 14.1. The van der Waals surface area contributed by atoms with Crippen LogP contribution in [-0.2, 0) is 41.2 Å². The second kappa shape index (κ2) is 19.0.